The van der Waals surface area contributed by atoms with Crippen LogP contribution in [0, 0.1) is 11.8 Å². The van der Waals surface area contributed by atoms with E-state index in [0.29, 0.717) is 12.8 Å². The van der Waals surface area contributed by atoms with Crippen LogP contribution in [-0.4, -0.2) is 34.5 Å². The smallest absolute Gasteiger partial charge is 0.309 e. The number of carbonyl (C=O) groups is 1. The topological polar surface area (TPSA) is 66.8 Å². The Morgan fingerprint density at radius 3 is 2.63 bits per heavy atom. The number of ether oxygens (including phenoxy) is 1. The minimum absolute atomic E-state index is 0.00366. The molecule has 1 saturated heterocycles. The number of rotatable bonds is 0. The van der Waals surface area contributed by atoms with Crippen molar-refractivity contribution in [2.75, 3.05) is 0 Å². The van der Waals surface area contributed by atoms with Gasteiger partial charge in [0.2, 0.25) is 0 Å². The molecule has 0 spiro atoms. The summed E-state index contributed by atoms with van der Waals surface area (Å²) in [6.07, 6.45) is 3.08. The summed E-state index contributed by atoms with van der Waals surface area (Å²) >= 11 is 0. The van der Waals surface area contributed by atoms with Crippen molar-refractivity contribution in [3.05, 3.63) is 23.3 Å². The Hall–Kier alpha value is -1.13. The van der Waals surface area contributed by atoms with Crippen LogP contribution in [-0.2, 0) is 9.53 Å². The molecule has 4 nitrogen and oxygen atoms in total. The first-order valence-electron chi connectivity index (χ1n) is 6.80. The van der Waals surface area contributed by atoms with Gasteiger partial charge in [-0.05, 0) is 38.3 Å². The number of hydrogen-bond donors (Lipinski definition) is 2. The summed E-state index contributed by atoms with van der Waals surface area (Å²) in [7, 11) is 0. The van der Waals surface area contributed by atoms with Gasteiger partial charge >= 0.3 is 5.97 Å². The second-order valence-electron chi connectivity index (χ2n) is 5.80. The van der Waals surface area contributed by atoms with Crippen molar-refractivity contribution < 1.29 is 19.7 Å². The first kappa shape index (κ1) is 14.3. The first-order valence-corrected chi connectivity index (χ1v) is 6.80. The first-order chi connectivity index (χ1) is 8.88. The van der Waals surface area contributed by atoms with E-state index in [-0.39, 0.29) is 23.9 Å². The van der Waals surface area contributed by atoms with Crippen molar-refractivity contribution in [2.45, 2.75) is 51.9 Å². The second kappa shape index (κ2) is 5.47. The summed E-state index contributed by atoms with van der Waals surface area (Å²) < 4.78 is 5.37. The maximum Gasteiger partial charge on any atom is 0.309 e. The molecule has 1 aliphatic carbocycles. The molecule has 106 valence electrons. The number of esters is 1. The molecule has 1 heterocycles. The molecule has 1 aliphatic heterocycles. The third-order valence-electron chi connectivity index (χ3n) is 4.14. The standard InChI is InChI=1S/C15H22O4/c1-8-4-11(16)6-9(2)13(17)7-12-10(3)15(18)19-14(12)5-8/h5-6,10-14,16-17H,4,7H2,1-3H3/b8-5+,9-6+/t10-,11+,12-,13-,14+/m0/s1. The highest BCUT2D eigenvalue weighted by Crippen LogP contribution is 2.35. The van der Waals surface area contributed by atoms with Crippen LogP contribution in [0.2, 0.25) is 0 Å². The molecule has 0 unspecified atom stereocenters. The molecule has 2 rings (SSSR count). The van der Waals surface area contributed by atoms with E-state index < -0.39 is 12.2 Å². The fraction of sp³-hybridized carbons (Fsp3) is 0.667. The molecule has 2 aliphatic rings. The van der Waals surface area contributed by atoms with Gasteiger partial charge in [-0.2, -0.15) is 0 Å². The van der Waals surface area contributed by atoms with E-state index in [1.165, 1.54) is 0 Å². The molecule has 2 N–H and O–H groups in total. The van der Waals surface area contributed by atoms with Crippen molar-refractivity contribution in [1.82, 2.24) is 0 Å². The van der Waals surface area contributed by atoms with Crippen molar-refractivity contribution >= 4 is 5.97 Å². The van der Waals surface area contributed by atoms with Gasteiger partial charge in [-0.3, -0.25) is 4.79 Å². The summed E-state index contributed by atoms with van der Waals surface area (Å²) in [5, 5.41) is 20.1. The number of hydrogen-bond acceptors (Lipinski definition) is 4. The van der Waals surface area contributed by atoms with Gasteiger partial charge < -0.3 is 14.9 Å². The van der Waals surface area contributed by atoms with E-state index in [4.69, 9.17) is 4.74 Å². The number of aliphatic hydroxyl groups is 2. The lowest BCUT2D eigenvalue weighted by atomic mass is 9.83. The van der Waals surface area contributed by atoms with Gasteiger partial charge in [0.15, 0.2) is 0 Å². The van der Waals surface area contributed by atoms with Crippen LogP contribution in [0.1, 0.15) is 33.6 Å². The van der Waals surface area contributed by atoms with Crippen LogP contribution in [0.4, 0.5) is 0 Å². The SMILES string of the molecule is C/C1=C\[C@H]2OC(=O)[C@@H](C)[C@@H]2C[C@H](O)/C(C)=C/[C@H](O)C1. The summed E-state index contributed by atoms with van der Waals surface area (Å²) in [6, 6.07) is 0. The molecule has 5 atom stereocenters. The highest BCUT2D eigenvalue weighted by atomic mass is 16.6. The van der Waals surface area contributed by atoms with Gasteiger partial charge in [-0.25, -0.2) is 0 Å². The molecular formula is C15H22O4. The monoisotopic (exact) mass is 266 g/mol. The van der Waals surface area contributed by atoms with E-state index in [9.17, 15) is 15.0 Å². The zero-order valence-electron chi connectivity index (χ0n) is 11.7. The average Bonchev–Trinajstić information content (AvgIpc) is 2.55. The summed E-state index contributed by atoms with van der Waals surface area (Å²) in [6.45, 7) is 5.59. The Bertz CT molecular complexity index is 424. The molecule has 0 saturated carbocycles. The molecule has 1 fully saturated rings. The van der Waals surface area contributed by atoms with Crippen LogP contribution >= 0.6 is 0 Å². The summed E-state index contributed by atoms with van der Waals surface area (Å²) in [5.41, 5.74) is 1.76. The Morgan fingerprint density at radius 1 is 1.26 bits per heavy atom. The van der Waals surface area contributed by atoms with Gasteiger partial charge in [0.1, 0.15) is 6.10 Å². The molecule has 0 radical (unpaired) electrons. The van der Waals surface area contributed by atoms with Gasteiger partial charge in [-0.1, -0.05) is 18.6 Å². The third kappa shape index (κ3) is 3.07. The quantitative estimate of drug-likeness (QED) is 0.516. The molecule has 19 heavy (non-hydrogen) atoms. The molecule has 0 amide bonds. The van der Waals surface area contributed by atoms with Crippen LogP contribution in [0.15, 0.2) is 23.3 Å². The van der Waals surface area contributed by atoms with E-state index in [2.05, 4.69) is 0 Å². The van der Waals surface area contributed by atoms with E-state index in [1.807, 2.05) is 26.8 Å². The Balaban J connectivity index is 2.31. The third-order valence-corrected chi connectivity index (χ3v) is 4.14. The molecule has 4 heteroatoms. The average molecular weight is 266 g/mol. The lowest BCUT2D eigenvalue weighted by molar-refractivity contribution is -0.142. The maximum absolute atomic E-state index is 11.7. The Labute approximate surface area is 113 Å². The zero-order valence-corrected chi connectivity index (χ0v) is 11.7. The van der Waals surface area contributed by atoms with Crippen molar-refractivity contribution in [1.29, 1.82) is 0 Å². The molecular weight excluding hydrogens is 244 g/mol. The van der Waals surface area contributed by atoms with Gasteiger partial charge in [0.05, 0.1) is 18.1 Å². The largest absolute Gasteiger partial charge is 0.458 e. The molecule has 0 bridgehead atoms. The van der Waals surface area contributed by atoms with Gasteiger partial charge in [-0.15, -0.1) is 0 Å². The van der Waals surface area contributed by atoms with Crippen molar-refractivity contribution in [3.63, 3.8) is 0 Å². The highest BCUT2D eigenvalue weighted by Gasteiger charge is 2.41. The van der Waals surface area contributed by atoms with Crippen molar-refractivity contribution in [3.8, 4) is 0 Å². The lowest BCUT2D eigenvalue weighted by Gasteiger charge is -2.23. The fourth-order valence-corrected chi connectivity index (χ4v) is 2.88. The predicted octanol–water partition coefficient (Wildman–Crippen LogP) is 1.57. The van der Waals surface area contributed by atoms with Crippen LogP contribution in [0.25, 0.3) is 0 Å². The predicted molar refractivity (Wildman–Crippen MR) is 71.3 cm³/mol. The van der Waals surface area contributed by atoms with Gasteiger partial charge in [0.25, 0.3) is 0 Å². The number of aliphatic hydroxyl groups excluding tert-OH is 2. The van der Waals surface area contributed by atoms with E-state index in [0.717, 1.165) is 11.1 Å². The molecule has 0 aromatic carbocycles. The maximum atomic E-state index is 11.7. The molecule has 0 aromatic heterocycles. The fourth-order valence-electron chi connectivity index (χ4n) is 2.88. The Morgan fingerprint density at radius 2 is 1.95 bits per heavy atom. The summed E-state index contributed by atoms with van der Waals surface area (Å²) in [4.78, 5) is 11.7. The van der Waals surface area contributed by atoms with E-state index >= 15 is 0 Å². The number of carbonyl (C=O) groups excluding carboxylic acids is 1. The van der Waals surface area contributed by atoms with E-state index in [1.54, 1.807) is 6.08 Å². The van der Waals surface area contributed by atoms with Crippen LogP contribution < -0.4 is 0 Å². The lowest BCUT2D eigenvalue weighted by Crippen LogP contribution is -2.26. The van der Waals surface area contributed by atoms with Crippen molar-refractivity contribution in [2.24, 2.45) is 11.8 Å². The minimum atomic E-state index is -0.633. The second-order valence-corrected chi connectivity index (χ2v) is 5.80. The zero-order chi connectivity index (χ0) is 14.2. The van der Waals surface area contributed by atoms with Crippen LogP contribution in [0.3, 0.4) is 0 Å². The highest BCUT2D eigenvalue weighted by molar-refractivity contribution is 5.75. The normalized spacial score (nSPS) is 45.5. The molecule has 0 aromatic rings. The van der Waals surface area contributed by atoms with Crippen LogP contribution in [0.5, 0.6) is 0 Å². The number of fused-ring (bicyclic) bond motifs is 1. The Kier molecular flexibility index (Phi) is 4.11. The van der Waals surface area contributed by atoms with Gasteiger partial charge in [0, 0.05) is 5.92 Å². The minimum Gasteiger partial charge on any atom is -0.458 e. The summed E-state index contributed by atoms with van der Waals surface area (Å²) in [5.74, 6) is -0.399.